The Morgan fingerprint density at radius 1 is 1.25 bits per heavy atom. The van der Waals surface area contributed by atoms with Crippen molar-refractivity contribution in [2.45, 2.75) is 32.6 Å². The highest BCUT2D eigenvalue weighted by atomic mass is 16.6. The molecule has 2 aliphatic rings. The molecule has 0 atom stereocenters. The van der Waals surface area contributed by atoms with E-state index in [1.165, 1.54) is 12.8 Å². The molecule has 4 heteroatoms. The number of amides is 1. The maximum Gasteiger partial charge on any atom is 0.409 e. The van der Waals surface area contributed by atoms with Gasteiger partial charge in [0.25, 0.3) is 0 Å². The number of likely N-dealkylation sites (tertiary alicyclic amines) is 1. The fraction of sp³-hybridized carbons (Fsp3) is 0.917. The van der Waals surface area contributed by atoms with E-state index in [0.717, 1.165) is 39.0 Å². The first kappa shape index (κ1) is 11.7. The quantitative estimate of drug-likeness (QED) is 0.738. The maximum atomic E-state index is 11.6. The van der Waals surface area contributed by atoms with Gasteiger partial charge >= 0.3 is 6.09 Å². The Kier molecular flexibility index (Phi) is 3.69. The van der Waals surface area contributed by atoms with Gasteiger partial charge in [-0.15, -0.1) is 0 Å². The van der Waals surface area contributed by atoms with Crippen molar-refractivity contribution < 1.29 is 9.53 Å². The van der Waals surface area contributed by atoms with Crippen molar-refractivity contribution in [3.8, 4) is 0 Å². The van der Waals surface area contributed by atoms with Gasteiger partial charge in [-0.2, -0.15) is 0 Å². The van der Waals surface area contributed by atoms with Crippen LogP contribution in [0.15, 0.2) is 0 Å². The van der Waals surface area contributed by atoms with Gasteiger partial charge in [-0.1, -0.05) is 0 Å². The van der Waals surface area contributed by atoms with E-state index in [2.05, 4.69) is 5.32 Å². The number of piperidine rings is 2. The summed E-state index contributed by atoms with van der Waals surface area (Å²) in [6.07, 6.45) is 4.69. The fourth-order valence-corrected chi connectivity index (χ4v) is 2.84. The summed E-state index contributed by atoms with van der Waals surface area (Å²) in [7, 11) is 0. The summed E-state index contributed by atoms with van der Waals surface area (Å²) in [5.74, 6) is 0. The molecule has 92 valence electrons. The summed E-state index contributed by atoms with van der Waals surface area (Å²) in [4.78, 5) is 13.4. The summed E-state index contributed by atoms with van der Waals surface area (Å²) in [6.45, 7) is 6.36. The lowest BCUT2D eigenvalue weighted by Gasteiger charge is -2.44. The molecule has 0 aromatic carbocycles. The van der Waals surface area contributed by atoms with E-state index in [9.17, 15) is 4.79 Å². The minimum Gasteiger partial charge on any atom is -0.450 e. The van der Waals surface area contributed by atoms with E-state index in [1.54, 1.807) is 0 Å². The molecule has 2 aliphatic heterocycles. The van der Waals surface area contributed by atoms with Crippen LogP contribution in [0.3, 0.4) is 0 Å². The van der Waals surface area contributed by atoms with Crippen LogP contribution in [-0.2, 0) is 4.74 Å². The predicted octanol–water partition coefficient (Wildman–Crippen LogP) is 1.61. The van der Waals surface area contributed by atoms with E-state index in [1.807, 2.05) is 11.8 Å². The lowest BCUT2D eigenvalue weighted by atomic mass is 9.72. The van der Waals surface area contributed by atoms with Gasteiger partial charge in [0.05, 0.1) is 6.61 Å². The van der Waals surface area contributed by atoms with Crippen LogP contribution < -0.4 is 5.32 Å². The zero-order valence-corrected chi connectivity index (χ0v) is 10.1. The average Bonchev–Trinajstić information content (AvgIpc) is 2.31. The average molecular weight is 226 g/mol. The minimum atomic E-state index is -0.133. The third-order valence-electron chi connectivity index (χ3n) is 4.01. The number of nitrogens with one attached hydrogen (secondary N) is 1. The Balaban J connectivity index is 1.83. The molecule has 0 bridgehead atoms. The second kappa shape index (κ2) is 5.04. The van der Waals surface area contributed by atoms with Gasteiger partial charge in [0.1, 0.15) is 0 Å². The van der Waals surface area contributed by atoms with Gasteiger partial charge in [-0.05, 0) is 51.1 Å². The van der Waals surface area contributed by atoms with Gasteiger partial charge in [0.15, 0.2) is 0 Å². The first-order valence-corrected chi connectivity index (χ1v) is 6.38. The number of carbonyl (C=O) groups excluding carboxylic acids is 1. The van der Waals surface area contributed by atoms with Crippen molar-refractivity contribution in [2.75, 3.05) is 32.8 Å². The topological polar surface area (TPSA) is 41.6 Å². The molecule has 2 rings (SSSR count). The number of hydrogen-bond donors (Lipinski definition) is 1. The SMILES string of the molecule is CCOC(=O)N1CCC2(CCNCC2)CC1. The van der Waals surface area contributed by atoms with Crippen LogP contribution in [-0.4, -0.2) is 43.8 Å². The Morgan fingerprint density at radius 2 is 1.88 bits per heavy atom. The van der Waals surface area contributed by atoms with Crippen molar-refractivity contribution in [3.63, 3.8) is 0 Å². The summed E-state index contributed by atoms with van der Waals surface area (Å²) in [5, 5.41) is 3.41. The molecule has 4 nitrogen and oxygen atoms in total. The van der Waals surface area contributed by atoms with Gasteiger partial charge < -0.3 is 15.0 Å². The van der Waals surface area contributed by atoms with Crippen LogP contribution in [0.2, 0.25) is 0 Å². The number of ether oxygens (including phenoxy) is 1. The molecule has 2 saturated heterocycles. The van der Waals surface area contributed by atoms with Gasteiger partial charge in [-0.25, -0.2) is 4.79 Å². The lowest BCUT2D eigenvalue weighted by Crippen LogP contribution is -2.47. The van der Waals surface area contributed by atoms with Crippen LogP contribution >= 0.6 is 0 Å². The van der Waals surface area contributed by atoms with Crippen LogP contribution in [0.4, 0.5) is 4.79 Å². The fourth-order valence-electron chi connectivity index (χ4n) is 2.84. The molecule has 1 N–H and O–H groups in total. The first-order valence-electron chi connectivity index (χ1n) is 6.38. The van der Waals surface area contributed by atoms with Crippen molar-refractivity contribution >= 4 is 6.09 Å². The zero-order chi connectivity index (χ0) is 11.4. The second-order valence-electron chi connectivity index (χ2n) is 4.94. The van der Waals surface area contributed by atoms with Crippen LogP contribution in [0.25, 0.3) is 0 Å². The number of rotatable bonds is 1. The number of nitrogens with zero attached hydrogens (tertiary/aromatic N) is 1. The van der Waals surface area contributed by atoms with E-state index < -0.39 is 0 Å². The first-order chi connectivity index (χ1) is 7.76. The second-order valence-corrected chi connectivity index (χ2v) is 4.94. The molecule has 0 aromatic heterocycles. The molecule has 0 aliphatic carbocycles. The maximum absolute atomic E-state index is 11.6. The largest absolute Gasteiger partial charge is 0.450 e. The van der Waals surface area contributed by atoms with Crippen LogP contribution in [0, 0.1) is 5.41 Å². The molecule has 1 spiro atoms. The number of carbonyl (C=O) groups is 1. The Labute approximate surface area is 97.3 Å². The van der Waals surface area contributed by atoms with E-state index in [0.29, 0.717) is 12.0 Å². The summed E-state index contributed by atoms with van der Waals surface area (Å²) in [6, 6.07) is 0. The minimum absolute atomic E-state index is 0.133. The molecule has 2 heterocycles. The lowest BCUT2D eigenvalue weighted by molar-refractivity contribution is 0.0541. The van der Waals surface area contributed by atoms with Crippen molar-refractivity contribution in [1.82, 2.24) is 10.2 Å². The normalized spacial score (nSPS) is 24.4. The summed E-state index contributed by atoms with van der Waals surface area (Å²) >= 11 is 0. The molecule has 1 amide bonds. The zero-order valence-electron chi connectivity index (χ0n) is 10.1. The van der Waals surface area contributed by atoms with Crippen molar-refractivity contribution in [3.05, 3.63) is 0 Å². The Bertz CT molecular complexity index is 239. The molecule has 0 unspecified atom stereocenters. The van der Waals surface area contributed by atoms with Gasteiger partial charge in [0.2, 0.25) is 0 Å². The standard InChI is InChI=1S/C12H22N2O2/c1-2-16-11(15)14-9-5-12(6-10-14)3-7-13-8-4-12/h13H,2-10H2,1H3. The van der Waals surface area contributed by atoms with Crippen LogP contribution in [0.5, 0.6) is 0 Å². The third kappa shape index (κ3) is 2.48. The highest BCUT2D eigenvalue weighted by Gasteiger charge is 2.36. The summed E-state index contributed by atoms with van der Waals surface area (Å²) < 4.78 is 5.03. The van der Waals surface area contributed by atoms with E-state index in [4.69, 9.17) is 4.74 Å². The third-order valence-corrected chi connectivity index (χ3v) is 4.01. The van der Waals surface area contributed by atoms with E-state index >= 15 is 0 Å². The Morgan fingerprint density at radius 3 is 2.44 bits per heavy atom. The predicted molar refractivity (Wildman–Crippen MR) is 62.4 cm³/mol. The molecule has 16 heavy (non-hydrogen) atoms. The number of hydrogen-bond acceptors (Lipinski definition) is 3. The molecule has 0 saturated carbocycles. The van der Waals surface area contributed by atoms with Gasteiger partial charge in [-0.3, -0.25) is 0 Å². The molecule has 2 fully saturated rings. The van der Waals surface area contributed by atoms with Crippen LogP contribution in [0.1, 0.15) is 32.6 Å². The van der Waals surface area contributed by atoms with Crippen molar-refractivity contribution in [1.29, 1.82) is 0 Å². The van der Waals surface area contributed by atoms with Crippen molar-refractivity contribution in [2.24, 2.45) is 5.41 Å². The highest BCUT2D eigenvalue weighted by Crippen LogP contribution is 2.39. The molecule has 0 radical (unpaired) electrons. The van der Waals surface area contributed by atoms with Gasteiger partial charge in [0, 0.05) is 13.1 Å². The Hall–Kier alpha value is -0.770. The monoisotopic (exact) mass is 226 g/mol. The summed E-state index contributed by atoms with van der Waals surface area (Å²) in [5.41, 5.74) is 0.508. The molecular formula is C12H22N2O2. The molecular weight excluding hydrogens is 204 g/mol. The highest BCUT2D eigenvalue weighted by molar-refractivity contribution is 5.67. The molecule has 0 aromatic rings. The van der Waals surface area contributed by atoms with E-state index in [-0.39, 0.29) is 6.09 Å². The smallest absolute Gasteiger partial charge is 0.409 e.